The smallest absolute Gasteiger partial charge is 0.191 e. The Bertz CT molecular complexity index is 552. The largest absolute Gasteiger partial charge is 0.343 e. The Hall–Kier alpha value is -1.10. The molecule has 0 aromatic carbocycles. The average molecular weight is 288 g/mol. The summed E-state index contributed by atoms with van der Waals surface area (Å²) >= 11 is 5.24. The quantitative estimate of drug-likeness (QED) is 0.670. The first-order valence-electron chi connectivity index (χ1n) is 8.01. The number of rotatable bonds is 0. The summed E-state index contributed by atoms with van der Waals surface area (Å²) in [7, 11) is 0. The molecule has 5 rings (SSSR count). The van der Waals surface area contributed by atoms with Gasteiger partial charge < -0.3 is 10.2 Å². The lowest BCUT2D eigenvalue weighted by Gasteiger charge is -2.34. The van der Waals surface area contributed by atoms with Crippen molar-refractivity contribution in [3.63, 3.8) is 0 Å². The third kappa shape index (κ3) is 1.32. The van der Waals surface area contributed by atoms with Crippen LogP contribution in [-0.4, -0.2) is 27.9 Å². The van der Waals surface area contributed by atoms with Crippen molar-refractivity contribution in [2.45, 2.75) is 57.0 Å². The van der Waals surface area contributed by atoms with E-state index in [1.165, 1.54) is 50.6 Å². The average Bonchev–Trinajstić information content (AvgIpc) is 2.98. The number of hydrazone groups is 1. The molecule has 0 amide bonds. The first-order valence-corrected chi connectivity index (χ1v) is 8.42. The fraction of sp³-hybridized carbons (Fsp3) is 0.733. The van der Waals surface area contributed by atoms with Crippen LogP contribution in [0.15, 0.2) is 16.4 Å². The summed E-state index contributed by atoms with van der Waals surface area (Å²) in [6, 6.07) is 1.35. The van der Waals surface area contributed by atoms with Crippen molar-refractivity contribution >= 4 is 23.2 Å². The molecule has 5 heteroatoms. The van der Waals surface area contributed by atoms with Gasteiger partial charge in [-0.1, -0.05) is 12.8 Å². The summed E-state index contributed by atoms with van der Waals surface area (Å²) < 4.78 is 0. The molecule has 2 saturated carbocycles. The van der Waals surface area contributed by atoms with Gasteiger partial charge in [0.1, 0.15) is 0 Å². The summed E-state index contributed by atoms with van der Waals surface area (Å²) in [5.41, 5.74) is 5.81. The van der Waals surface area contributed by atoms with Gasteiger partial charge in [-0.3, -0.25) is 5.43 Å². The predicted molar refractivity (Wildman–Crippen MR) is 82.0 cm³/mol. The molecular formula is C15H20N4S. The predicted octanol–water partition coefficient (Wildman–Crippen LogP) is 2.09. The maximum Gasteiger partial charge on any atom is 0.191 e. The summed E-state index contributed by atoms with van der Waals surface area (Å²) in [5.74, 6) is 2.92. The third-order valence-electron chi connectivity index (χ3n) is 6.03. The maximum absolute atomic E-state index is 5.24. The van der Waals surface area contributed by atoms with Crippen molar-refractivity contribution < 1.29 is 0 Å². The van der Waals surface area contributed by atoms with Gasteiger partial charge in [0, 0.05) is 6.04 Å². The molecule has 4 atom stereocenters. The minimum Gasteiger partial charge on any atom is -0.343 e. The van der Waals surface area contributed by atoms with Crippen LogP contribution in [0.3, 0.4) is 0 Å². The van der Waals surface area contributed by atoms with E-state index in [0.29, 0.717) is 11.2 Å². The fourth-order valence-electron chi connectivity index (χ4n) is 5.44. The SMILES string of the molecule is S=C1NN=C2C(=C3CCCC4C5CCCCC5N2C34)N1. The van der Waals surface area contributed by atoms with E-state index in [-0.39, 0.29) is 0 Å². The number of nitrogens with one attached hydrogen (secondary N) is 2. The Morgan fingerprint density at radius 1 is 1.10 bits per heavy atom. The van der Waals surface area contributed by atoms with E-state index in [9.17, 15) is 0 Å². The minimum atomic E-state index is 0.626. The zero-order chi connectivity index (χ0) is 13.3. The van der Waals surface area contributed by atoms with Crippen LogP contribution in [0.5, 0.6) is 0 Å². The summed E-state index contributed by atoms with van der Waals surface area (Å²) in [6.45, 7) is 0. The lowest BCUT2D eigenvalue weighted by molar-refractivity contribution is 0.230. The standard InChI is InChI=1S/C15H20N4S/c20-15-16-12-10-6-3-5-9-8-4-1-2-7-11(8)19(13(9)10)14(12)17-18-15/h8-9,11,13H,1-7H2,(H2,16,18,20). The molecule has 106 valence electrons. The number of fused-ring (bicyclic) bond motifs is 5. The number of nitrogens with zero attached hydrogens (tertiary/aromatic N) is 2. The molecule has 0 radical (unpaired) electrons. The molecule has 2 aliphatic carbocycles. The van der Waals surface area contributed by atoms with Crippen molar-refractivity contribution in [1.82, 2.24) is 15.6 Å². The van der Waals surface area contributed by atoms with Crippen LogP contribution in [0.4, 0.5) is 0 Å². The van der Waals surface area contributed by atoms with E-state index >= 15 is 0 Å². The highest BCUT2D eigenvalue weighted by atomic mass is 32.1. The van der Waals surface area contributed by atoms with E-state index < -0.39 is 0 Å². The Labute approximate surface area is 124 Å². The normalized spacial score (nSPS) is 41.5. The Balaban J connectivity index is 1.65. The number of amidine groups is 1. The van der Waals surface area contributed by atoms with Gasteiger partial charge in [0.15, 0.2) is 10.9 Å². The van der Waals surface area contributed by atoms with Crippen LogP contribution in [-0.2, 0) is 0 Å². The molecule has 3 fully saturated rings. The van der Waals surface area contributed by atoms with Crippen molar-refractivity contribution in [3.8, 4) is 0 Å². The molecule has 0 spiro atoms. The Morgan fingerprint density at radius 2 is 1.95 bits per heavy atom. The molecule has 3 aliphatic heterocycles. The van der Waals surface area contributed by atoms with Crippen LogP contribution in [0.1, 0.15) is 44.9 Å². The molecule has 1 saturated heterocycles. The highest BCUT2D eigenvalue weighted by molar-refractivity contribution is 7.80. The molecule has 5 aliphatic rings. The third-order valence-corrected chi connectivity index (χ3v) is 6.22. The zero-order valence-electron chi connectivity index (χ0n) is 11.6. The van der Waals surface area contributed by atoms with Crippen LogP contribution in [0.25, 0.3) is 0 Å². The molecule has 0 bridgehead atoms. The molecule has 2 N–H and O–H groups in total. The number of thiocarbonyl (C=S) groups is 1. The fourth-order valence-corrected chi connectivity index (χ4v) is 5.58. The van der Waals surface area contributed by atoms with Gasteiger partial charge in [-0.2, -0.15) is 5.10 Å². The van der Waals surface area contributed by atoms with E-state index in [2.05, 4.69) is 20.7 Å². The van der Waals surface area contributed by atoms with Crippen molar-refractivity contribution in [2.75, 3.05) is 0 Å². The summed E-state index contributed by atoms with van der Waals surface area (Å²) in [5, 5.41) is 8.64. The Kier molecular flexibility index (Phi) is 2.29. The van der Waals surface area contributed by atoms with Gasteiger partial charge in [-0.05, 0) is 61.7 Å². The maximum atomic E-state index is 5.24. The topological polar surface area (TPSA) is 39.7 Å². The zero-order valence-corrected chi connectivity index (χ0v) is 12.4. The molecule has 4 unspecified atom stereocenters. The first kappa shape index (κ1) is 11.5. The molecule has 3 heterocycles. The van der Waals surface area contributed by atoms with Gasteiger partial charge in [-0.25, -0.2) is 0 Å². The highest BCUT2D eigenvalue weighted by Crippen LogP contribution is 2.54. The van der Waals surface area contributed by atoms with Crippen LogP contribution < -0.4 is 10.7 Å². The molecule has 0 aromatic rings. The van der Waals surface area contributed by atoms with Gasteiger partial charge in [0.05, 0.1) is 11.7 Å². The molecular weight excluding hydrogens is 268 g/mol. The van der Waals surface area contributed by atoms with Crippen LogP contribution in [0.2, 0.25) is 0 Å². The van der Waals surface area contributed by atoms with Gasteiger partial charge in [0.2, 0.25) is 0 Å². The second kappa shape index (κ2) is 3.97. The monoisotopic (exact) mass is 288 g/mol. The van der Waals surface area contributed by atoms with Crippen molar-refractivity contribution in [3.05, 3.63) is 11.3 Å². The number of hydrogen-bond acceptors (Lipinski definition) is 3. The van der Waals surface area contributed by atoms with Gasteiger partial charge in [-0.15, -0.1) is 0 Å². The van der Waals surface area contributed by atoms with Gasteiger partial charge in [0.25, 0.3) is 0 Å². The van der Waals surface area contributed by atoms with E-state index in [1.54, 1.807) is 5.57 Å². The molecule has 0 aromatic heterocycles. The lowest BCUT2D eigenvalue weighted by atomic mass is 9.72. The second-order valence-corrected chi connectivity index (χ2v) is 7.23. The van der Waals surface area contributed by atoms with Crippen molar-refractivity contribution in [1.29, 1.82) is 0 Å². The molecule has 4 nitrogen and oxygen atoms in total. The van der Waals surface area contributed by atoms with E-state index in [0.717, 1.165) is 23.7 Å². The second-order valence-electron chi connectivity index (χ2n) is 6.83. The van der Waals surface area contributed by atoms with Crippen LogP contribution >= 0.6 is 12.2 Å². The summed E-state index contributed by atoms with van der Waals surface area (Å²) in [6.07, 6.45) is 9.56. The van der Waals surface area contributed by atoms with Crippen molar-refractivity contribution in [2.24, 2.45) is 16.9 Å². The lowest BCUT2D eigenvalue weighted by Crippen LogP contribution is -2.47. The van der Waals surface area contributed by atoms with Gasteiger partial charge >= 0.3 is 0 Å². The summed E-state index contributed by atoms with van der Waals surface area (Å²) in [4.78, 5) is 2.65. The Morgan fingerprint density at radius 3 is 2.90 bits per heavy atom. The minimum absolute atomic E-state index is 0.626. The highest BCUT2D eigenvalue weighted by Gasteiger charge is 2.57. The van der Waals surface area contributed by atoms with Crippen LogP contribution in [0, 0.1) is 11.8 Å². The molecule has 20 heavy (non-hydrogen) atoms. The first-order chi connectivity index (χ1) is 9.84. The van der Waals surface area contributed by atoms with E-state index in [1.807, 2.05) is 0 Å². The van der Waals surface area contributed by atoms with E-state index in [4.69, 9.17) is 12.2 Å². The number of hydrogen-bond donors (Lipinski definition) is 2.